The number of rotatable bonds is 6. The number of aromatic nitrogens is 4. The van der Waals surface area contributed by atoms with Crippen LogP contribution in [-0.4, -0.2) is 25.4 Å². The maximum Gasteiger partial charge on any atom is 0.287 e. The maximum absolute atomic E-state index is 12.7. The number of nitrogens with zero attached hydrogens (tertiary/aromatic N) is 3. The first-order valence-corrected chi connectivity index (χ1v) is 8.87. The molecule has 7 nitrogen and oxygen atoms in total. The van der Waals surface area contributed by atoms with Crippen LogP contribution in [0, 0.1) is 0 Å². The minimum Gasteiger partial charge on any atom is -0.342 e. The van der Waals surface area contributed by atoms with E-state index in [0.29, 0.717) is 23.8 Å². The van der Waals surface area contributed by atoms with Crippen LogP contribution < -0.4 is 10.9 Å². The van der Waals surface area contributed by atoms with Crippen LogP contribution in [0.25, 0.3) is 0 Å². The zero-order valence-corrected chi connectivity index (χ0v) is 15.6. The molecular weight excluding hydrogens is 342 g/mol. The Bertz CT molecular complexity index is 975. The number of benzene rings is 1. The molecule has 2 heterocycles. The van der Waals surface area contributed by atoms with E-state index in [1.165, 1.54) is 6.07 Å². The van der Waals surface area contributed by atoms with Gasteiger partial charge in [0.15, 0.2) is 5.82 Å². The summed E-state index contributed by atoms with van der Waals surface area (Å²) in [5.41, 5.74) is 1.38. The summed E-state index contributed by atoms with van der Waals surface area (Å²) < 4.78 is 1.67. The largest absolute Gasteiger partial charge is 0.342 e. The molecule has 2 N–H and O–H groups in total. The Kier molecular flexibility index (Phi) is 5.49. The van der Waals surface area contributed by atoms with Crippen LogP contribution in [0.15, 0.2) is 53.6 Å². The molecule has 1 amide bonds. The minimum atomic E-state index is -0.329. The lowest BCUT2D eigenvalue weighted by Gasteiger charge is -2.19. The monoisotopic (exact) mass is 365 g/mol. The van der Waals surface area contributed by atoms with Crippen molar-refractivity contribution >= 4 is 5.91 Å². The third-order valence-electron chi connectivity index (χ3n) is 4.30. The molecule has 1 aromatic carbocycles. The molecule has 0 radical (unpaired) electrons. The third-order valence-corrected chi connectivity index (χ3v) is 4.30. The number of carbonyl (C=O) groups excluding carboxylic acids is 1. The Balaban J connectivity index is 1.91. The fourth-order valence-electron chi connectivity index (χ4n) is 2.86. The Morgan fingerprint density at radius 3 is 2.63 bits per heavy atom. The average Bonchev–Trinajstić information content (AvgIpc) is 3.07. The Morgan fingerprint density at radius 1 is 1.26 bits per heavy atom. The molecule has 27 heavy (non-hydrogen) atoms. The van der Waals surface area contributed by atoms with E-state index < -0.39 is 0 Å². The van der Waals surface area contributed by atoms with Crippen LogP contribution in [0.2, 0.25) is 0 Å². The molecule has 1 unspecified atom stereocenters. The highest BCUT2D eigenvalue weighted by molar-refractivity contribution is 5.91. The lowest BCUT2D eigenvalue weighted by Crippen LogP contribution is -2.32. The Hall–Kier alpha value is -3.22. The van der Waals surface area contributed by atoms with Gasteiger partial charge in [-0.05, 0) is 5.56 Å². The van der Waals surface area contributed by atoms with Gasteiger partial charge in [0.2, 0.25) is 0 Å². The minimum absolute atomic E-state index is 0.106. The number of H-pyrrole nitrogens is 1. The first-order valence-electron chi connectivity index (χ1n) is 8.87. The van der Waals surface area contributed by atoms with Crippen molar-refractivity contribution in [2.75, 3.05) is 0 Å². The van der Waals surface area contributed by atoms with E-state index in [1.807, 2.05) is 44.2 Å². The number of aryl methyl sites for hydroxylation is 1. The summed E-state index contributed by atoms with van der Waals surface area (Å²) in [6, 6.07) is 10.8. The van der Waals surface area contributed by atoms with Gasteiger partial charge in [-0.2, -0.15) is 0 Å². The summed E-state index contributed by atoms with van der Waals surface area (Å²) in [5.74, 6) is 0.803. The molecule has 140 valence electrons. The van der Waals surface area contributed by atoms with E-state index in [9.17, 15) is 9.59 Å². The molecule has 7 heteroatoms. The van der Waals surface area contributed by atoms with Crippen LogP contribution in [0.3, 0.4) is 0 Å². The number of hydrogen-bond acceptors (Lipinski definition) is 4. The predicted octanol–water partition coefficient (Wildman–Crippen LogP) is 2.34. The van der Waals surface area contributed by atoms with E-state index in [2.05, 4.69) is 20.3 Å². The predicted molar refractivity (Wildman–Crippen MR) is 103 cm³/mol. The van der Waals surface area contributed by atoms with Gasteiger partial charge in [0.05, 0.1) is 11.7 Å². The summed E-state index contributed by atoms with van der Waals surface area (Å²) in [6.07, 6.45) is 3.71. The molecule has 0 aliphatic rings. The first-order chi connectivity index (χ1) is 12.9. The fourth-order valence-corrected chi connectivity index (χ4v) is 2.86. The second-order valence-electron chi connectivity index (χ2n) is 6.78. The Labute approximate surface area is 157 Å². The topological polar surface area (TPSA) is 92.7 Å². The van der Waals surface area contributed by atoms with Crippen molar-refractivity contribution in [1.29, 1.82) is 0 Å². The van der Waals surface area contributed by atoms with Crippen molar-refractivity contribution < 1.29 is 4.79 Å². The molecule has 0 saturated carbocycles. The molecule has 2 aromatic heterocycles. The molecular formula is C20H23N5O2. The van der Waals surface area contributed by atoms with E-state index in [4.69, 9.17) is 0 Å². The molecule has 0 spiro atoms. The second-order valence-corrected chi connectivity index (χ2v) is 6.78. The van der Waals surface area contributed by atoms with Gasteiger partial charge in [0.25, 0.3) is 11.5 Å². The van der Waals surface area contributed by atoms with Gasteiger partial charge in [-0.15, -0.1) is 0 Å². The number of aromatic amines is 1. The number of imidazole rings is 1. The van der Waals surface area contributed by atoms with Crippen LogP contribution in [0.5, 0.6) is 0 Å². The second kappa shape index (κ2) is 7.99. The number of hydrogen-bond donors (Lipinski definition) is 2. The molecule has 0 aliphatic carbocycles. The molecule has 0 bridgehead atoms. The maximum atomic E-state index is 12.7. The van der Waals surface area contributed by atoms with Gasteiger partial charge in [-0.25, -0.2) is 9.97 Å². The fraction of sp³-hybridized carbons (Fsp3) is 0.300. The normalized spacial score (nSPS) is 12.1. The SMILES string of the molecule is CC(C)c1nc(CC(NC(=O)c2nccn2C)c2ccccc2)cc(=O)[nH]1. The van der Waals surface area contributed by atoms with E-state index in [0.717, 1.165) is 5.56 Å². The zero-order valence-electron chi connectivity index (χ0n) is 15.6. The van der Waals surface area contributed by atoms with Gasteiger partial charge in [-0.3, -0.25) is 9.59 Å². The summed E-state index contributed by atoms with van der Waals surface area (Å²) in [6.45, 7) is 3.94. The molecule has 0 fully saturated rings. The van der Waals surface area contributed by atoms with Gasteiger partial charge >= 0.3 is 0 Å². The zero-order chi connectivity index (χ0) is 19.4. The van der Waals surface area contributed by atoms with E-state index >= 15 is 0 Å². The number of nitrogens with one attached hydrogen (secondary N) is 2. The summed E-state index contributed by atoms with van der Waals surface area (Å²) in [4.78, 5) is 36.1. The van der Waals surface area contributed by atoms with E-state index in [1.54, 1.807) is 24.0 Å². The molecule has 0 aliphatic heterocycles. The molecule has 0 saturated heterocycles. The number of amides is 1. The highest BCUT2D eigenvalue weighted by Gasteiger charge is 2.20. The summed E-state index contributed by atoms with van der Waals surface area (Å²) >= 11 is 0. The molecule has 3 aromatic rings. The van der Waals surface area contributed by atoms with Crippen molar-refractivity contribution in [3.8, 4) is 0 Å². The quantitative estimate of drug-likeness (QED) is 0.701. The van der Waals surface area contributed by atoms with E-state index in [-0.39, 0.29) is 23.4 Å². The van der Waals surface area contributed by atoms with Crippen LogP contribution in [0.1, 0.15) is 53.5 Å². The smallest absolute Gasteiger partial charge is 0.287 e. The van der Waals surface area contributed by atoms with Crippen LogP contribution in [0.4, 0.5) is 0 Å². The third kappa shape index (κ3) is 4.49. The van der Waals surface area contributed by atoms with Gasteiger partial charge in [0.1, 0.15) is 5.82 Å². The summed E-state index contributed by atoms with van der Waals surface area (Å²) in [5, 5.41) is 3.02. The van der Waals surface area contributed by atoms with Gasteiger partial charge in [0, 0.05) is 37.8 Å². The lowest BCUT2D eigenvalue weighted by atomic mass is 10.0. The Morgan fingerprint density at radius 2 is 2.00 bits per heavy atom. The van der Waals surface area contributed by atoms with Crippen molar-refractivity contribution in [3.05, 3.63) is 82.1 Å². The highest BCUT2D eigenvalue weighted by Crippen LogP contribution is 2.18. The van der Waals surface area contributed by atoms with Crippen molar-refractivity contribution in [3.63, 3.8) is 0 Å². The van der Waals surface area contributed by atoms with Gasteiger partial charge in [-0.1, -0.05) is 44.2 Å². The van der Waals surface area contributed by atoms with Crippen molar-refractivity contribution in [1.82, 2.24) is 24.8 Å². The number of carbonyl (C=O) groups is 1. The molecule has 3 rings (SSSR count). The van der Waals surface area contributed by atoms with Crippen molar-refractivity contribution in [2.45, 2.75) is 32.2 Å². The average molecular weight is 365 g/mol. The lowest BCUT2D eigenvalue weighted by molar-refractivity contribution is 0.0922. The van der Waals surface area contributed by atoms with Gasteiger partial charge < -0.3 is 14.9 Å². The van der Waals surface area contributed by atoms with Crippen molar-refractivity contribution in [2.24, 2.45) is 7.05 Å². The summed E-state index contributed by atoms with van der Waals surface area (Å²) in [7, 11) is 1.77. The van der Waals surface area contributed by atoms with Crippen LogP contribution >= 0.6 is 0 Å². The highest BCUT2D eigenvalue weighted by atomic mass is 16.2. The molecule has 1 atom stereocenters. The first kappa shape index (κ1) is 18.6. The van der Waals surface area contributed by atoms with Crippen LogP contribution in [-0.2, 0) is 13.5 Å². The standard InChI is InChI=1S/C20H23N5O2/c1-13(2)18-22-15(12-17(26)24-18)11-16(14-7-5-4-6-8-14)23-20(27)19-21-9-10-25(19)3/h4-10,12-13,16H,11H2,1-3H3,(H,23,27)(H,22,24,26).